The third-order valence-corrected chi connectivity index (χ3v) is 1.34. The lowest BCUT2D eigenvalue weighted by molar-refractivity contribution is -0.145. The fourth-order valence-electron chi connectivity index (χ4n) is 0.722. The van der Waals surface area contributed by atoms with Crippen LogP contribution in [0.2, 0.25) is 0 Å². The van der Waals surface area contributed by atoms with Crippen LogP contribution in [0.5, 0.6) is 0 Å². The van der Waals surface area contributed by atoms with Crippen molar-refractivity contribution in [3.05, 3.63) is 0 Å². The highest BCUT2D eigenvalue weighted by atomic mass is 16.4. The van der Waals surface area contributed by atoms with Gasteiger partial charge >= 0.3 is 5.97 Å². The van der Waals surface area contributed by atoms with Crippen molar-refractivity contribution in [1.82, 2.24) is 0 Å². The van der Waals surface area contributed by atoms with Crippen molar-refractivity contribution in [2.75, 3.05) is 0 Å². The maximum atomic E-state index is 10.2. The van der Waals surface area contributed by atoms with Crippen molar-refractivity contribution in [2.45, 2.75) is 26.4 Å². The van der Waals surface area contributed by atoms with Crippen LogP contribution in [0.1, 0.15) is 20.3 Å². The molecule has 0 aromatic carbocycles. The first kappa shape index (κ1) is 8.43. The molecule has 0 saturated heterocycles. The lowest BCUT2D eigenvalue weighted by atomic mass is 10.0. The standard InChI is InChI=1S/C6H12O3/c1-3-5(4(2)7)6(8)9/h4-5,7H,3H2,1-2H3,(H,8,9)/t4-,5?/m1/s1. The smallest absolute Gasteiger partial charge is 0.309 e. The summed E-state index contributed by atoms with van der Waals surface area (Å²) in [6.45, 7) is 3.23. The Balaban J connectivity index is 3.83. The van der Waals surface area contributed by atoms with Gasteiger partial charge in [-0.15, -0.1) is 0 Å². The van der Waals surface area contributed by atoms with Crippen LogP contribution in [0.25, 0.3) is 0 Å². The molecule has 0 aliphatic rings. The van der Waals surface area contributed by atoms with Gasteiger partial charge in [0.15, 0.2) is 0 Å². The lowest BCUT2D eigenvalue weighted by Crippen LogP contribution is -2.24. The number of rotatable bonds is 3. The van der Waals surface area contributed by atoms with Crippen LogP contribution in [0.15, 0.2) is 0 Å². The summed E-state index contributed by atoms with van der Waals surface area (Å²) in [4.78, 5) is 10.2. The van der Waals surface area contributed by atoms with E-state index in [2.05, 4.69) is 0 Å². The number of carbonyl (C=O) groups is 1. The van der Waals surface area contributed by atoms with Crippen molar-refractivity contribution in [1.29, 1.82) is 0 Å². The second-order valence-electron chi connectivity index (χ2n) is 2.09. The molecule has 0 aromatic rings. The van der Waals surface area contributed by atoms with E-state index in [1.807, 2.05) is 0 Å². The number of aliphatic carboxylic acids is 1. The number of carboxylic acid groups (broad SMARTS) is 1. The summed E-state index contributed by atoms with van der Waals surface area (Å²) in [6, 6.07) is 0. The van der Waals surface area contributed by atoms with Gasteiger partial charge in [-0.2, -0.15) is 0 Å². The van der Waals surface area contributed by atoms with Crippen LogP contribution in [0, 0.1) is 5.92 Å². The largest absolute Gasteiger partial charge is 0.481 e. The number of aliphatic hydroxyl groups is 1. The number of hydrogen-bond donors (Lipinski definition) is 2. The first-order chi connectivity index (χ1) is 4.09. The topological polar surface area (TPSA) is 57.5 Å². The minimum absolute atomic E-state index is 0.479. The van der Waals surface area contributed by atoms with Crippen molar-refractivity contribution < 1.29 is 15.0 Å². The molecule has 3 nitrogen and oxygen atoms in total. The van der Waals surface area contributed by atoms with Gasteiger partial charge in [0.05, 0.1) is 12.0 Å². The van der Waals surface area contributed by atoms with Crippen LogP contribution in [0.3, 0.4) is 0 Å². The van der Waals surface area contributed by atoms with Crippen LogP contribution in [-0.2, 0) is 4.79 Å². The van der Waals surface area contributed by atoms with Crippen LogP contribution in [0.4, 0.5) is 0 Å². The molecule has 1 unspecified atom stereocenters. The molecule has 0 heterocycles. The van der Waals surface area contributed by atoms with Gasteiger partial charge in [0.2, 0.25) is 0 Å². The first-order valence-electron chi connectivity index (χ1n) is 3.00. The highest BCUT2D eigenvalue weighted by molar-refractivity contribution is 5.70. The molecule has 0 bridgehead atoms. The molecular weight excluding hydrogens is 120 g/mol. The molecule has 0 saturated carbocycles. The first-order valence-corrected chi connectivity index (χ1v) is 3.00. The summed E-state index contributed by atoms with van der Waals surface area (Å²) in [5, 5.41) is 17.2. The zero-order chi connectivity index (χ0) is 7.44. The van der Waals surface area contributed by atoms with Gasteiger partial charge in [0.25, 0.3) is 0 Å². The fourth-order valence-corrected chi connectivity index (χ4v) is 0.722. The van der Waals surface area contributed by atoms with Gasteiger partial charge in [-0.1, -0.05) is 6.92 Å². The van der Waals surface area contributed by atoms with Crippen LogP contribution >= 0.6 is 0 Å². The quantitative estimate of drug-likeness (QED) is 0.587. The third kappa shape index (κ3) is 2.46. The summed E-state index contributed by atoms with van der Waals surface area (Å²) in [5.74, 6) is -1.53. The molecule has 9 heavy (non-hydrogen) atoms. The zero-order valence-corrected chi connectivity index (χ0v) is 5.66. The molecule has 2 atom stereocenters. The maximum absolute atomic E-state index is 10.2. The van der Waals surface area contributed by atoms with Crippen molar-refractivity contribution >= 4 is 5.97 Å². The monoisotopic (exact) mass is 132 g/mol. The Hall–Kier alpha value is -0.570. The minimum Gasteiger partial charge on any atom is -0.481 e. The molecule has 0 aliphatic carbocycles. The van der Waals surface area contributed by atoms with Crippen molar-refractivity contribution in [3.63, 3.8) is 0 Å². The zero-order valence-electron chi connectivity index (χ0n) is 5.66. The van der Waals surface area contributed by atoms with E-state index in [1.54, 1.807) is 6.92 Å². The second-order valence-corrected chi connectivity index (χ2v) is 2.09. The van der Waals surface area contributed by atoms with E-state index in [-0.39, 0.29) is 0 Å². The van der Waals surface area contributed by atoms with Gasteiger partial charge in [0, 0.05) is 0 Å². The second kappa shape index (κ2) is 3.45. The Morgan fingerprint density at radius 2 is 2.11 bits per heavy atom. The van der Waals surface area contributed by atoms with Gasteiger partial charge in [-0.05, 0) is 13.3 Å². The maximum Gasteiger partial charge on any atom is 0.309 e. The van der Waals surface area contributed by atoms with Gasteiger partial charge in [-0.3, -0.25) is 4.79 Å². The van der Waals surface area contributed by atoms with Gasteiger partial charge < -0.3 is 10.2 Å². The summed E-state index contributed by atoms with van der Waals surface area (Å²) >= 11 is 0. The normalized spacial score (nSPS) is 16.8. The Labute approximate surface area is 54.3 Å². The predicted molar refractivity (Wildman–Crippen MR) is 33.1 cm³/mol. The Bertz CT molecular complexity index is 98.5. The van der Waals surface area contributed by atoms with E-state index in [9.17, 15) is 4.79 Å². The number of carboxylic acids is 1. The Kier molecular flexibility index (Phi) is 3.24. The minimum atomic E-state index is -0.924. The average Bonchev–Trinajstić information content (AvgIpc) is 1.64. The molecule has 0 aliphatic heterocycles. The lowest BCUT2D eigenvalue weighted by Gasteiger charge is -2.11. The highest BCUT2D eigenvalue weighted by Crippen LogP contribution is 2.07. The van der Waals surface area contributed by atoms with E-state index in [0.717, 1.165) is 0 Å². The number of hydrogen-bond acceptors (Lipinski definition) is 2. The van der Waals surface area contributed by atoms with E-state index in [0.29, 0.717) is 6.42 Å². The van der Waals surface area contributed by atoms with Crippen molar-refractivity contribution in [2.24, 2.45) is 5.92 Å². The Morgan fingerprint density at radius 3 is 2.11 bits per heavy atom. The Morgan fingerprint density at radius 1 is 1.67 bits per heavy atom. The van der Waals surface area contributed by atoms with Gasteiger partial charge in [0.1, 0.15) is 0 Å². The van der Waals surface area contributed by atoms with Crippen LogP contribution in [-0.4, -0.2) is 22.3 Å². The molecule has 0 aromatic heterocycles. The van der Waals surface area contributed by atoms with E-state index < -0.39 is 18.0 Å². The van der Waals surface area contributed by atoms with E-state index >= 15 is 0 Å². The summed E-state index contributed by atoms with van der Waals surface area (Å²) in [7, 11) is 0. The number of aliphatic hydroxyl groups excluding tert-OH is 1. The summed E-state index contributed by atoms with van der Waals surface area (Å²) in [5.41, 5.74) is 0. The molecule has 2 N–H and O–H groups in total. The van der Waals surface area contributed by atoms with E-state index in [1.165, 1.54) is 6.92 Å². The molecule has 54 valence electrons. The molecule has 0 amide bonds. The predicted octanol–water partition coefficient (Wildman–Crippen LogP) is 0.478. The summed E-state index contributed by atoms with van der Waals surface area (Å²) < 4.78 is 0. The highest BCUT2D eigenvalue weighted by Gasteiger charge is 2.19. The molecule has 3 heteroatoms. The SMILES string of the molecule is CCC(C(=O)O)[C@@H](C)O. The average molecular weight is 132 g/mol. The van der Waals surface area contributed by atoms with E-state index in [4.69, 9.17) is 10.2 Å². The molecule has 0 radical (unpaired) electrons. The molecule has 0 spiro atoms. The third-order valence-electron chi connectivity index (χ3n) is 1.34. The van der Waals surface area contributed by atoms with Crippen molar-refractivity contribution in [3.8, 4) is 0 Å². The van der Waals surface area contributed by atoms with Gasteiger partial charge in [-0.25, -0.2) is 0 Å². The molecule has 0 fully saturated rings. The molecule has 0 rings (SSSR count). The fraction of sp³-hybridized carbons (Fsp3) is 0.833. The summed E-state index contributed by atoms with van der Waals surface area (Å²) in [6.07, 6.45) is -0.264. The molecular formula is C6H12O3. The van der Waals surface area contributed by atoms with Crippen LogP contribution < -0.4 is 0 Å².